The monoisotopic (exact) mass is 283 g/mol. The van der Waals surface area contributed by atoms with Crippen molar-refractivity contribution >= 4 is 5.97 Å². The fourth-order valence-corrected chi connectivity index (χ4v) is 1.79. The van der Waals surface area contributed by atoms with Gasteiger partial charge in [-0.25, -0.2) is 0 Å². The maximum absolute atomic E-state index is 12.4. The number of carbonyl (C=O) groups is 1. The van der Waals surface area contributed by atoms with Gasteiger partial charge in [-0.15, -0.1) is 0 Å². The first-order valence-electron chi connectivity index (χ1n) is 5.79. The molecule has 1 heterocycles. The molecule has 0 aliphatic rings. The molecule has 2 aromatic rings. The Balaban J connectivity index is 2.39. The molecule has 0 N–H and O–H groups in total. The molecule has 20 heavy (non-hydrogen) atoms. The van der Waals surface area contributed by atoms with Gasteiger partial charge >= 0.3 is 6.18 Å². The van der Waals surface area contributed by atoms with Crippen molar-refractivity contribution in [2.75, 3.05) is 0 Å². The van der Waals surface area contributed by atoms with Crippen LogP contribution in [-0.2, 0) is 12.7 Å². The highest BCUT2D eigenvalue weighted by Crippen LogP contribution is 2.30. The van der Waals surface area contributed by atoms with Gasteiger partial charge in [0.25, 0.3) is 0 Å². The molecule has 0 unspecified atom stereocenters. The molecule has 0 atom stereocenters. The van der Waals surface area contributed by atoms with Crippen LogP contribution in [0.4, 0.5) is 13.2 Å². The second-order valence-corrected chi connectivity index (χ2v) is 4.09. The number of carboxylic acid groups (broad SMARTS) is 1. The van der Waals surface area contributed by atoms with Gasteiger partial charge in [0, 0.05) is 12.1 Å². The molecule has 106 valence electrons. The zero-order chi connectivity index (χ0) is 14.9. The van der Waals surface area contributed by atoms with Crippen LogP contribution in [0.3, 0.4) is 0 Å². The first-order valence-corrected chi connectivity index (χ1v) is 5.79. The van der Waals surface area contributed by atoms with E-state index < -0.39 is 17.7 Å². The summed E-state index contributed by atoms with van der Waals surface area (Å²) in [5.41, 5.74) is -0.175. The van der Waals surface area contributed by atoms with E-state index in [4.69, 9.17) is 0 Å². The van der Waals surface area contributed by atoms with E-state index >= 15 is 0 Å². The Morgan fingerprint density at radius 1 is 1.30 bits per heavy atom. The molecule has 4 nitrogen and oxygen atoms in total. The zero-order valence-corrected chi connectivity index (χ0v) is 10.4. The number of carboxylic acids is 1. The van der Waals surface area contributed by atoms with Gasteiger partial charge in [-0.1, -0.05) is 12.1 Å². The van der Waals surface area contributed by atoms with E-state index in [0.717, 1.165) is 12.1 Å². The molecule has 1 aromatic heterocycles. The van der Waals surface area contributed by atoms with E-state index in [-0.39, 0.29) is 5.69 Å². The Labute approximate surface area is 112 Å². The number of nitrogens with zero attached hydrogens (tertiary/aromatic N) is 2. The molecule has 0 saturated carbocycles. The van der Waals surface area contributed by atoms with Crippen LogP contribution in [0.5, 0.6) is 0 Å². The predicted molar refractivity (Wildman–Crippen MR) is 62.7 cm³/mol. The predicted octanol–water partition coefficient (Wildman–Crippen LogP) is 1.95. The third-order valence-corrected chi connectivity index (χ3v) is 2.80. The second kappa shape index (κ2) is 4.99. The average molecular weight is 283 g/mol. The quantitative estimate of drug-likeness (QED) is 0.865. The lowest BCUT2D eigenvalue weighted by molar-refractivity contribution is -0.255. The van der Waals surface area contributed by atoms with Gasteiger partial charge < -0.3 is 9.90 Å². The van der Waals surface area contributed by atoms with Crippen LogP contribution in [0.15, 0.2) is 30.3 Å². The van der Waals surface area contributed by atoms with Gasteiger partial charge in [0.05, 0.1) is 22.9 Å². The molecular formula is C13H10F3N2O2-. The first-order chi connectivity index (χ1) is 9.32. The molecule has 0 amide bonds. The lowest BCUT2D eigenvalue weighted by Gasteiger charge is -2.06. The Morgan fingerprint density at radius 2 is 1.90 bits per heavy atom. The van der Waals surface area contributed by atoms with Gasteiger partial charge in [-0.05, 0) is 25.1 Å². The fourth-order valence-electron chi connectivity index (χ4n) is 1.79. The topological polar surface area (TPSA) is 58.0 Å². The fraction of sp³-hybridized carbons (Fsp3) is 0.231. The van der Waals surface area contributed by atoms with Crippen molar-refractivity contribution in [1.29, 1.82) is 0 Å². The third kappa shape index (κ3) is 2.66. The van der Waals surface area contributed by atoms with Gasteiger partial charge in [-0.2, -0.15) is 18.3 Å². The second-order valence-electron chi connectivity index (χ2n) is 4.09. The summed E-state index contributed by atoms with van der Waals surface area (Å²) in [6.07, 6.45) is -4.41. The lowest BCUT2D eigenvalue weighted by atomic mass is 10.1. The molecule has 0 aliphatic carbocycles. The third-order valence-electron chi connectivity index (χ3n) is 2.80. The number of aromatic nitrogens is 2. The molecule has 1 aromatic carbocycles. The number of rotatable bonds is 3. The Morgan fingerprint density at radius 3 is 2.30 bits per heavy atom. The number of hydrogen-bond donors (Lipinski definition) is 0. The first kappa shape index (κ1) is 14.1. The van der Waals surface area contributed by atoms with Crippen molar-refractivity contribution < 1.29 is 23.1 Å². The number of halogens is 3. The molecule has 0 spiro atoms. The molecule has 0 radical (unpaired) electrons. The molecule has 0 bridgehead atoms. The Bertz CT molecular complexity index is 630. The van der Waals surface area contributed by atoms with Crippen molar-refractivity contribution in [3.63, 3.8) is 0 Å². The summed E-state index contributed by atoms with van der Waals surface area (Å²) in [7, 11) is 0. The van der Waals surface area contributed by atoms with Crippen LogP contribution in [0.1, 0.15) is 23.0 Å². The highest BCUT2D eigenvalue weighted by Gasteiger charge is 2.30. The van der Waals surface area contributed by atoms with Gasteiger partial charge in [0.2, 0.25) is 0 Å². The number of benzene rings is 1. The molecule has 0 fully saturated rings. The summed E-state index contributed by atoms with van der Waals surface area (Å²) in [4.78, 5) is 10.9. The number of aryl methyl sites for hydroxylation is 1. The summed E-state index contributed by atoms with van der Waals surface area (Å²) in [5.74, 6) is -1.38. The van der Waals surface area contributed by atoms with Crippen LogP contribution in [-0.4, -0.2) is 15.7 Å². The number of carbonyl (C=O) groups excluding carboxylic acids is 1. The van der Waals surface area contributed by atoms with Crippen molar-refractivity contribution in [3.8, 4) is 11.3 Å². The summed E-state index contributed by atoms with van der Waals surface area (Å²) in [6, 6.07) is 5.65. The standard InChI is InChI=1S/C13H11F3N2O2/c1-2-18-11(12(19)20)7-10(17-18)8-3-5-9(6-4-8)13(14,15)16/h3-7H,2H2,1H3,(H,19,20)/p-1. The normalized spacial score (nSPS) is 11.6. The number of aromatic carboxylic acids is 1. The Hall–Kier alpha value is -2.31. The summed E-state index contributed by atoms with van der Waals surface area (Å²) in [5, 5.41) is 14.9. The zero-order valence-electron chi connectivity index (χ0n) is 10.4. The maximum Gasteiger partial charge on any atom is 0.416 e. The largest absolute Gasteiger partial charge is 0.543 e. The van der Waals surface area contributed by atoms with E-state index in [2.05, 4.69) is 5.10 Å². The van der Waals surface area contributed by atoms with Gasteiger partial charge in [0.15, 0.2) is 0 Å². The molecule has 0 saturated heterocycles. The van der Waals surface area contributed by atoms with Crippen LogP contribution < -0.4 is 5.11 Å². The average Bonchev–Trinajstić information content (AvgIpc) is 2.82. The lowest BCUT2D eigenvalue weighted by Crippen LogP contribution is -2.25. The van der Waals surface area contributed by atoms with Crippen LogP contribution in [0.2, 0.25) is 0 Å². The minimum absolute atomic E-state index is 0.109. The van der Waals surface area contributed by atoms with Crippen LogP contribution >= 0.6 is 0 Å². The summed E-state index contributed by atoms with van der Waals surface area (Å²) >= 11 is 0. The van der Waals surface area contributed by atoms with E-state index in [1.165, 1.54) is 22.9 Å². The van der Waals surface area contributed by atoms with Crippen molar-refractivity contribution in [1.82, 2.24) is 9.78 Å². The molecule has 0 aliphatic heterocycles. The van der Waals surface area contributed by atoms with Crippen LogP contribution in [0, 0.1) is 0 Å². The van der Waals surface area contributed by atoms with E-state index in [1.54, 1.807) is 6.92 Å². The van der Waals surface area contributed by atoms with Gasteiger partial charge in [-0.3, -0.25) is 4.68 Å². The highest BCUT2D eigenvalue weighted by molar-refractivity contribution is 5.85. The van der Waals surface area contributed by atoms with Crippen LogP contribution in [0.25, 0.3) is 11.3 Å². The van der Waals surface area contributed by atoms with E-state index in [0.29, 0.717) is 17.8 Å². The summed E-state index contributed by atoms with van der Waals surface area (Å²) in [6.45, 7) is 2.03. The molecule has 7 heteroatoms. The van der Waals surface area contributed by atoms with E-state index in [9.17, 15) is 23.1 Å². The number of alkyl halides is 3. The Kier molecular flexibility index (Phi) is 3.52. The van der Waals surface area contributed by atoms with Crippen molar-refractivity contribution in [2.45, 2.75) is 19.6 Å². The highest BCUT2D eigenvalue weighted by atomic mass is 19.4. The number of hydrogen-bond acceptors (Lipinski definition) is 3. The minimum atomic E-state index is -4.41. The SMILES string of the molecule is CCn1nc(-c2ccc(C(F)(F)F)cc2)cc1C(=O)[O-]. The van der Waals surface area contributed by atoms with Gasteiger partial charge in [0.1, 0.15) is 0 Å². The van der Waals surface area contributed by atoms with Crippen molar-refractivity contribution in [2.24, 2.45) is 0 Å². The molecule has 2 rings (SSSR count). The molecular weight excluding hydrogens is 273 g/mol. The minimum Gasteiger partial charge on any atom is -0.543 e. The summed E-state index contributed by atoms with van der Waals surface area (Å²) < 4.78 is 38.6. The van der Waals surface area contributed by atoms with E-state index in [1.807, 2.05) is 0 Å². The maximum atomic E-state index is 12.4. The smallest absolute Gasteiger partial charge is 0.416 e. The van der Waals surface area contributed by atoms with Crippen molar-refractivity contribution in [3.05, 3.63) is 41.6 Å².